The quantitative estimate of drug-likeness (QED) is 0.836. The smallest absolute Gasteiger partial charge is 0.0834 e. The molecule has 1 fully saturated rings. The zero-order valence-electron chi connectivity index (χ0n) is 8.46. The highest BCUT2D eigenvalue weighted by atomic mass is 35.5. The minimum atomic E-state index is 0.413. The van der Waals surface area contributed by atoms with Gasteiger partial charge in [0.2, 0.25) is 0 Å². The van der Waals surface area contributed by atoms with Gasteiger partial charge in [-0.15, -0.1) is 0 Å². The number of halogens is 1. The Morgan fingerprint density at radius 2 is 2.57 bits per heavy atom. The van der Waals surface area contributed by atoms with Crippen LogP contribution in [0.2, 0.25) is 5.02 Å². The van der Waals surface area contributed by atoms with Crippen LogP contribution in [0.4, 0.5) is 0 Å². The van der Waals surface area contributed by atoms with Crippen molar-refractivity contribution in [2.75, 3.05) is 6.54 Å². The lowest BCUT2D eigenvalue weighted by atomic mass is 10.1. The highest BCUT2D eigenvalue weighted by Crippen LogP contribution is 2.28. The first-order chi connectivity index (χ1) is 6.83. The molecule has 2 rings (SSSR count). The van der Waals surface area contributed by atoms with Crippen LogP contribution in [0, 0.1) is 0 Å². The Balaban J connectivity index is 2.24. The molecule has 1 aromatic rings. The molecule has 0 aromatic carbocycles. The Morgan fingerprint density at radius 1 is 1.71 bits per heavy atom. The van der Waals surface area contributed by atoms with E-state index in [9.17, 15) is 0 Å². The van der Waals surface area contributed by atoms with Crippen LogP contribution < -0.4 is 5.32 Å². The van der Waals surface area contributed by atoms with Crippen LogP contribution >= 0.6 is 11.6 Å². The number of rotatable bonds is 3. The van der Waals surface area contributed by atoms with E-state index in [1.807, 2.05) is 4.68 Å². The van der Waals surface area contributed by atoms with Crippen molar-refractivity contribution < 1.29 is 0 Å². The van der Waals surface area contributed by atoms with Gasteiger partial charge in [-0.2, -0.15) is 5.10 Å². The van der Waals surface area contributed by atoms with E-state index in [1.54, 1.807) is 6.20 Å². The summed E-state index contributed by atoms with van der Waals surface area (Å²) in [7, 11) is 0. The first-order valence-electron chi connectivity index (χ1n) is 5.27. The lowest BCUT2D eigenvalue weighted by Gasteiger charge is -2.13. The fourth-order valence-electron chi connectivity index (χ4n) is 2.03. The molecule has 1 aromatic heterocycles. The SMILES string of the molecule is CCCn1ncc(Cl)c1C1CCCN1. The predicted octanol–water partition coefficient (Wildman–Crippen LogP) is 2.37. The van der Waals surface area contributed by atoms with Crippen molar-refractivity contribution in [3.05, 3.63) is 16.9 Å². The molecule has 2 heterocycles. The molecule has 78 valence electrons. The van der Waals surface area contributed by atoms with E-state index in [4.69, 9.17) is 11.6 Å². The van der Waals surface area contributed by atoms with Crippen molar-refractivity contribution in [3.8, 4) is 0 Å². The van der Waals surface area contributed by atoms with Crippen LogP contribution in [-0.4, -0.2) is 16.3 Å². The van der Waals surface area contributed by atoms with Crippen molar-refractivity contribution in [1.29, 1.82) is 0 Å². The minimum Gasteiger partial charge on any atom is -0.309 e. The van der Waals surface area contributed by atoms with Gasteiger partial charge in [-0.1, -0.05) is 18.5 Å². The molecule has 0 bridgehead atoms. The summed E-state index contributed by atoms with van der Waals surface area (Å²) in [5.74, 6) is 0. The third kappa shape index (κ3) is 1.79. The Hall–Kier alpha value is -0.540. The van der Waals surface area contributed by atoms with Crippen LogP contribution in [0.3, 0.4) is 0 Å². The number of nitrogens with one attached hydrogen (secondary N) is 1. The van der Waals surface area contributed by atoms with Crippen molar-refractivity contribution in [1.82, 2.24) is 15.1 Å². The standard InChI is InChI=1S/C10H16ClN3/c1-2-6-14-10(8(11)7-13-14)9-4-3-5-12-9/h7,9,12H,2-6H2,1H3. The van der Waals surface area contributed by atoms with Gasteiger partial charge >= 0.3 is 0 Å². The van der Waals surface area contributed by atoms with E-state index < -0.39 is 0 Å². The predicted molar refractivity (Wildman–Crippen MR) is 57.5 cm³/mol. The Kier molecular flexibility index (Phi) is 3.08. The van der Waals surface area contributed by atoms with E-state index in [0.717, 1.165) is 24.5 Å². The molecule has 1 aliphatic heterocycles. The second-order valence-electron chi connectivity index (χ2n) is 3.75. The van der Waals surface area contributed by atoms with Crippen molar-refractivity contribution in [2.45, 2.75) is 38.8 Å². The third-order valence-electron chi connectivity index (χ3n) is 2.66. The van der Waals surface area contributed by atoms with Gasteiger partial charge in [0, 0.05) is 6.54 Å². The van der Waals surface area contributed by atoms with Crippen molar-refractivity contribution in [2.24, 2.45) is 0 Å². The van der Waals surface area contributed by atoms with Crippen molar-refractivity contribution in [3.63, 3.8) is 0 Å². The molecular weight excluding hydrogens is 198 g/mol. The molecule has 1 saturated heterocycles. The molecule has 0 aliphatic carbocycles. The lowest BCUT2D eigenvalue weighted by Crippen LogP contribution is -2.18. The van der Waals surface area contributed by atoms with Crippen LogP contribution in [0.5, 0.6) is 0 Å². The average Bonchev–Trinajstić information content (AvgIpc) is 2.76. The average molecular weight is 214 g/mol. The molecule has 3 nitrogen and oxygen atoms in total. The normalized spacial score (nSPS) is 21.7. The zero-order chi connectivity index (χ0) is 9.97. The molecule has 0 radical (unpaired) electrons. The Bertz CT molecular complexity index is 302. The largest absolute Gasteiger partial charge is 0.309 e. The lowest BCUT2D eigenvalue weighted by molar-refractivity contribution is 0.517. The maximum atomic E-state index is 6.14. The first-order valence-corrected chi connectivity index (χ1v) is 5.65. The van der Waals surface area contributed by atoms with Crippen LogP contribution in [0.1, 0.15) is 37.9 Å². The number of hydrogen-bond donors (Lipinski definition) is 1. The topological polar surface area (TPSA) is 29.9 Å². The summed E-state index contributed by atoms with van der Waals surface area (Å²) >= 11 is 6.14. The molecule has 0 saturated carbocycles. The number of aryl methyl sites for hydroxylation is 1. The number of hydrogen-bond acceptors (Lipinski definition) is 2. The van der Waals surface area contributed by atoms with E-state index in [2.05, 4.69) is 17.3 Å². The van der Waals surface area contributed by atoms with Crippen LogP contribution in [-0.2, 0) is 6.54 Å². The van der Waals surface area contributed by atoms with Gasteiger partial charge in [0.1, 0.15) is 0 Å². The number of aromatic nitrogens is 2. The molecular formula is C10H16ClN3. The highest BCUT2D eigenvalue weighted by Gasteiger charge is 2.22. The fourth-order valence-corrected chi connectivity index (χ4v) is 2.30. The summed E-state index contributed by atoms with van der Waals surface area (Å²) in [5, 5.41) is 8.55. The number of nitrogens with zero attached hydrogens (tertiary/aromatic N) is 2. The summed E-state index contributed by atoms with van der Waals surface area (Å²) in [6.45, 7) is 4.21. The summed E-state index contributed by atoms with van der Waals surface area (Å²) in [4.78, 5) is 0. The summed E-state index contributed by atoms with van der Waals surface area (Å²) in [5.41, 5.74) is 1.17. The minimum absolute atomic E-state index is 0.413. The molecule has 1 unspecified atom stereocenters. The van der Waals surface area contributed by atoms with Gasteiger partial charge < -0.3 is 5.32 Å². The van der Waals surface area contributed by atoms with Gasteiger partial charge in [-0.25, -0.2) is 0 Å². The van der Waals surface area contributed by atoms with Gasteiger partial charge in [0.15, 0.2) is 0 Å². The van der Waals surface area contributed by atoms with Crippen LogP contribution in [0.15, 0.2) is 6.20 Å². The molecule has 0 spiro atoms. The Morgan fingerprint density at radius 3 is 3.21 bits per heavy atom. The molecule has 1 aliphatic rings. The second-order valence-corrected chi connectivity index (χ2v) is 4.16. The molecule has 0 amide bonds. The van der Waals surface area contributed by atoms with Crippen LogP contribution in [0.25, 0.3) is 0 Å². The maximum absolute atomic E-state index is 6.14. The van der Waals surface area contributed by atoms with Gasteiger partial charge in [0.05, 0.1) is 23.0 Å². The second kappa shape index (κ2) is 4.32. The van der Waals surface area contributed by atoms with Gasteiger partial charge in [-0.3, -0.25) is 4.68 Å². The maximum Gasteiger partial charge on any atom is 0.0834 e. The first kappa shape index (κ1) is 9.99. The highest BCUT2D eigenvalue weighted by molar-refractivity contribution is 6.31. The fraction of sp³-hybridized carbons (Fsp3) is 0.700. The monoisotopic (exact) mass is 213 g/mol. The third-order valence-corrected chi connectivity index (χ3v) is 2.95. The zero-order valence-corrected chi connectivity index (χ0v) is 9.22. The van der Waals surface area contributed by atoms with Crippen molar-refractivity contribution >= 4 is 11.6 Å². The summed E-state index contributed by atoms with van der Waals surface area (Å²) in [6.07, 6.45) is 5.26. The summed E-state index contributed by atoms with van der Waals surface area (Å²) in [6, 6.07) is 0.413. The van der Waals surface area contributed by atoms with Gasteiger partial charge in [0.25, 0.3) is 0 Å². The molecule has 14 heavy (non-hydrogen) atoms. The van der Waals surface area contributed by atoms with E-state index in [-0.39, 0.29) is 0 Å². The molecule has 1 atom stereocenters. The molecule has 4 heteroatoms. The van der Waals surface area contributed by atoms with Gasteiger partial charge in [-0.05, 0) is 25.8 Å². The summed E-state index contributed by atoms with van der Waals surface area (Å²) < 4.78 is 2.03. The Labute approximate surface area is 89.4 Å². The van der Waals surface area contributed by atoms with E-state index in [0.29, 0.717) is 6.04 Å². The van der Waals surface area contributed by atoms with E-state index in [1.165, 1.54) is 18.5 Å². The molecule has 1 N–H and O–H groups in total. The van der Waals surface area contributed by atoms with E-state index >= 15 is 0 Å².